The molecule has 1 aromatic carbocycles. The van der Waals surface area contributed by atoms with Crippen LogP contribution in [0, 0.1) is 11.8 Å². The zero-order valence-corrected chi connectivity index (χ0v) is 12.8. The number of nitrogens with one attached hydrogen (secondary N) is 1. The number of carboxylic acids is 1. The van der Waals surface area contributed by atoms with E-state index in [0.717, 1.165) is 24.1 Å². The topological polar surface area (TPSA) is 86.7 Å². The number of carbonyl (C=O) groups excluding carboxylic acids is 2. The Morgan fingerprint density at radius 1 is 1.17 bits per heavy atom. The average molecular weight is 316 g/mol. The van der Waals surface area contributed by atoms with Crippen molar-refractivity contribution in [1.29, 1.82) is 0 Å². The number of benzene rings is 1. The van der Waals surface area contributed by atoms with Crippen LogP contribution in [0.15, 0.2) is 24.3 Å². The van der Waals surface area contributed by atoms with E-state index in [1.807, 2.05) is 29.2 Å². The van der Waals surface area contributed by atoms with Crippen LogP contribution >= 0.6 is 0 Å². The minimum absolute atomic E-state index is 0.191. The van der Waals surface area contributed by atoms with Crippen molar-refractivity contribution in [1.82, 2.24) is 10.2 Å². The van der Waals surface area contributed by atoms with E-state index in [1.54, 1.807) is 0 Å². The molecule has 0 spiro atoms. The molecule has 23 heavy (non-hydrogen) atoms. The Bertz CT molecular complexity index is 626. The third-order valence-electron chi connectivity index (χ3n) is 4.48. The highest BCUT2D eigenvalue weighted by atomic mass is 16.4. The molecule has 1 heterocycles. The summed E-state index contributed by atoms with van der Waals surface area (Å²) in [5, 5.41) is 11.6. The minimum Gasteiger partial charge on any atom is -0.481 e. The average Bonchev–Trinajstić information content (AvgIpc) is 3.25. The number of hydrogen-bond donors (Lipinski definition) is 2. The maximum atomic E-state index is 11.8. The molecule has 122 valence electrons. The largest absolute Gasteiger partial charge is 0.481 e. The first-order valence-corrected chi connectivity index (χ1v) is 7.90. The lowest BCUT2D eigenvalue weighted by molar-refractivity contribution is -0.140. The Balaban J connectivity index is 1.47. The molecule has 1 aliphatic carbocycles. The highest BCUT2D eigenvalue weighted by molar-refractivity contribution is 5.89. The van der Waals surface area contributed by atoms with Gasteiger partial charge in [-0.25, -0.2) is 0 Å². The lowest BCUT2D eigenvalue weighted by Crippen LogP contribution is -2.26. The molecule has 2 fully saturated rings. The Kier molecular flexibility index (Phi) is 4.32. The SMILES string of the molecule is O=C(O)[C@H]1C[C@H]1C(=O)NCc1ccc(CN2CCCC2=O)cc1. The molecule has 1 aliphatic heterocycles. The van der Waals surface area contributed by atoms with Gasteiger partial charge in [0.25, 0.3) is 0 Å². The molecule has 0 radical (unpaired) electrons. The maximum Gasteiger partial charge on any atom is 0.307 e. The van der Waals surface area contributed by atoms with Crippen molar-refractivity contribution in [3.8, 4) is 0 Å². The molecule has 6 heteroatoms. The number of carboxylic acid groups (broad SMARTS) is 1. The lowest BCUT2D eigenvalue weighted by Gasteiger charge is -2.15. The molecule has 2 aliphatic rings. The van der Waals surface area contributed by atoms with Gasteiger partial charge >= 0.3 is 5.97 Å². The first-order valence-electron chi connectivity index (χ1n) is 7.90. The summed E-state index contributed by atoms with van der Waals surface area (Å²) in [6, 6.07) is 7.78. The van der Waals surface area contributed by atoms with E-state index in [1.165, 1.54) is 0 Å². The smallest absolute Gasteiger partial charge is 0.307 e. The summed E-state index contributed by atoms with van der Waals surface area (Å²) in [6.07, 6.45) is 2.01. The van der Waals surface area contributed by atoms with Crippen LogP contribution in [0.25, 0.3) is 0 Å². The molecule has 0 aromatic heterocycles. The number of likely N-dealkylation sites (tertiary alicyclic amines) is 1. The predicted molar refractivity (Wildman–Crippen MR) is 82.2 cm³/mol. The van der Waals surface area contributed by atoms with Gasteiger partial charge in [-0.3, -0.25) is 14.4 Å². The van der Waals surface area contributed by atoms with Crippen molar-refractivity contribution in [2.45, 2.75) is 32.4 Å². The van der Waals surface area contributed by atoms with Crippen molar-refractivity contribution in [3.05, 3.63) is 35.4 Å². The number of carbonyl (C=O) groups is 3. The van der Waals surface area contributed by atoms with E-state index >= 15 is 0 Å². The van der Waals surface area contributed by atoms with Crippen LogP contribution in [0.3, 0.4) is 0 Å². The summed E-state index contributed by atoms with van der Waals surface area (Å²) in [5.74, 6) is -1.78. The van der Waals surface area contributed by atoms with Crippen molar-refractivity contribution >= 4 is 17.8 Å². The first-order chi connectivity index (χ1) is 11.0. The van der Waals surface area contributed by atoms with Gasteiger partial charge in [0.05, 0.1) is 11.8 Å². The number of aliphatic carboxylic acids is 1. The monoisotopic (exact) mass is 316 g/mol. The molecular formula is C17H20N2O4. The molecule has 2 atom stereocenters. The summed E-state index contributed by atoms with van der Waals surface area (Å²) in [5.41, 5.74) is 2.03. The second-order valence-electron chi connectivity index (χ2n) is 6.24. The van der Waals surface area contributed by atoms with Gasteiger partial charge < -0.3 is 15.3 Å². The quantitative estimate of drug-likeness (QED) is 0.824. The summed E-state index contributed by atoms with van der Waals surface area (Å²) < 4.78 is 0. The van der Waals surface area contributed by atoms with E-state index in [9.17, 15) is 14.4 Å². The zero-order chi connectivity index (χ0) is 16.4. The molecule has 3 rings (SSSR count). The van der Waals surface area contributed by atoms with Gasteiger partial charge in [0.2, 0.25) is 11.8 Å². The fourth-order valence-electron chi connectivity index (χ4n) is 2.93. The van der Waals surface area contributed by atoms with Gasteiger partial charge in [-0.2, -0.15) is 0 Å². The molecule has 2 N–H and O–H groups in total. The molecule has 6 nitrogen and oxygen atoms in total. The van der Waals surface area contributed by atoms with Gasteiger partial charge in [-0.15, -0.1) is 0 Å². The number of rotatable bonds is 6. The lowest BCUT2D eigenvalue weighted by atomic mass is 10.1. The molecule has 0 bridgehead atoms. The third-order valence-corrected chi connectivity index (χ3v) is 4.48. The predicted octanol–water partition coefficient (Wildman–Crippen LogP) is 1.15. The van der Waals surface area contributed by atoms with E-state index in [0.29, 0.717) is 25.9 Å². The van der Waals surface area contributed by atoms with Crippen LogP contribution < -0.4 is 5.32 Å². The van der Waals surface area contributed by atoms with Crippen LogP contribution in [0.5, 0.6) is 0 Å². The highest BCUT2D eigenvalue weighted by Gasteiger charge is 2.48. The standard InChI is InChI=1S/C17H20N2O4/c20-15-2-1-7-19(15)10-12-5-3-11(4-6-12)9-18-16(21)13-8-14(13)17(22)23/h3-6,13-14H,1-2,7-10H2,(H,18,21)(H,22,23)/t13-,14+/m1/s1. The van der Waals surface area contributed by atoms with E-state index in [-0.39, 0.29) is 17.7 Å². The van der Waals surface area contributed by atoms with Crippen LogP contribution in [0.1, 0.15) is 30.4 Å². The molecule has 1 saturated heterocycles. The van der Waals surface area contributed by atoms with Crippen LogP contribution in [0.4, 0.5) is 0 Å². The summed E-state index contributed by atoms with van der Waals surface area (Å²) in [4.78, 5) is 36.0. The number of amides is 2. The molecular weight excluding hydrogens is 296 g/mol. The number of hydrogen-bond acceptors (Lipinski definition) is 3. The molecule has 1 saturated carbocycles. The summed E-state index contributed by atoms with van der Waals surface area (Å²) in [6.45, 7) is 1.85. The molecule has 2 amide bonds. The van der Waals surface area contributed by atoms with Crippen LogP contribution in [-0.2, 0) is 27.5 Å². The normalized spacial score (nSPS) is 23.0. The van der Waals surface area contributed by atoms with Crippen molar-refractivity contribution < 1.29 is 19.5 Å². The first kappa shape index (κ1) is 15.5. The Morgan fingerprint density at radius 2 is 1.87 bits per heavy atom. The third kappa shape index (κ3) is 3.70. The van der Waals surface area contributed by atoms with Gasteiger partial charge in [0, 0.05) is 26.1 Å². The van der Waals surface area contributed by atoms with Crippen molar-refractivity contribution in [2.75, 3.05) is 6.54 Å². The van der Waals surface area contributed by atoms with Crippen LogP contribution in [-0.4, -0.2) is 34.3 Å². The Labute approximate surface area is 134 Å². The van der Waals surface area contributed by atoms with E-state index < -0.39 is 11.9 Å². The summed E-state index contributed by atoms with van der Waals surface area (Å²) >= 11 is 0. The molecule has 1 aromatic rings. The highest BCUT2D eigenvalue weighted by Crippen LogP contribution is 2.38. The van der Waals surface area contributed by atoms with E-state index in [4.69, 9.17) is 5.11 Å². The summed E-state index contributed by atoms with van der Waals surface area (Å²) in [7, 11) is 0. The second-order valence-corrected chi connectivity index (χ2v) is 6.24. The van der Waals surface area contributed by atoms with Crippen LogP contribution in [0.2, 0.25) is 0 Å². The van der Waals surface area contributed by atoms with Crippen molar-refractivity contribution in [3.63, 3.8) is 0 Å². The van der Waals surface area contributed by atoms with Gasteiger partial charge in [-0.05, 0) is 24.0 Å². The van der Waals surface area contributed by atoms with E-state index in [2.05, 4.69) is 5.32 Å². The minimum atomic E-state index is -0.897. The zero-order valence-electron chi connectivity index (χ0n) is 12.8. The van der Waals surface area contributed by atoms with Crippen molar-refractivity contribution in [2.24, 2.45) is 11.8 Å². The second kappa shape index (κ2) is 6.40. The molecule has 0 unspecified atom stereocenters. The van der Waals surface area contributed by atoms with Gasteiger partial charge in [-0.1, -0.05) is 24.3 Å². The number of nitrogens with zero attached hydrogens (tertiary/aromatic N) is 1. The maximum absolute atomic E-state index is 11.8. The fraction of sp³-hybridized carbons (Fsp3) is 0.471. The fourth-order valence-corrected chi connectivity index (χ4v) is 2.93. The van der Waals surface area contributed by atoms with Gasteiger partial charge in [0.1, 0.15) is 0 Å². The van der Waals surface area contributed by atoms with Gasteiger partial charge in [0.15, 0.2) is 0 Å². The Hall–Kier alpha value is -2.37. The Morgan fingerprint density at radius 3 is 2.43 bits per heavy atom.